The molecule has 0 radical (unpaired) electrons. The molecule has 1 aliphatic rings. The summed E-state index contributed by atoms with van der Waals surface area (Å²) in [4.78, 5) is 0. The molecular formula is C14H17FN2S. The van der Waals surface area contributed by atoms with Gasteiger partial charge in [-0.15, -0.1) is 0 Å². The number of hydrogen-bond acceptors (Lipinski definition) is 3. The summed E-state index contributed by atoms with van der Waals surface area (Å²) in [5.41, 5.74) is 1.23. The summed E-state index contributed by atoms with van der Waals surface area (Å²) in [7, 11) is 0. The van der Waals surface area contributed by atoms with Gasteiger partial charge in [-0.05, 0) is 42.9 Å². The van der Waals surface area contributed by atoms with Crippen LogP contribution < -0.4 is 5.32 Å². The minimum atomic E-state index is -0.335. The Bertz CT molecular complexity index is 456. The van der Waals surface area contributed by atoms with E-state index in [4.69, 9.17) is 5.26 Å². The van der Waals surface area contributed by atoms with Crippen molar-refractivity contribution in [1.29, 1.82) is 5.26 Å². The highest BCUT2D eigenvalue weighted by Gasteiger charge is 2.25. The van der Waals surface area contributed by atoms with E-state index in [9.17, 15) is 4.39 Å². The van der Waals surface area contributed by atoms with Gasteiger partial charge in [0.15, 0.2) is 0 Å². The fraction of sp³-hybridized carbons (Fsp3) is 0.500. The topological polar surface area (TPSA) is 35.8 Å². The number of hydrogen-bond donors (Lipinski definition) is 1. The summed E-state index contributed by atoms with van der Waals surface area (Å²) in [5.74, 6) is -0.335. The first-order chi connectivity index (χ1) is 8.72. The SMILES string of the molecule is CSC1CCCC1NCc1cc(F)cc(C#N)c1. The molecule has 0 heterocycles. The highest BCUT2D eigenvalue weighted by atomic mass is 32.2. The molecular weight excluding hydrogens is 247 g/mol. The first kappa shape index (κ1) is 13.4. The van der Waals surface area contributed by atoms with Crippen LogP contribution in [0.4, 0.5) is 4.39 Å². The molecule has 0 amide bonds. The van der Waals surface area contributed by atoms with Gasteiger partial charge in [-0.2, -0.15) is 17.0 Å². The fourth-order valence-corrected chi connectivity index (χ4v) is 3.47. The molecule has 1 aliphatic carbocycles. The van der Waals surface area contributed by atoms with Crippen molar-refractivity contribution < 1.29 is 4.39 Å². The van der Waals surface area contributed by atoms with Crippen molar-refractivity contribution in [3.63, 3.8) is 0 Å². The van der Waals surface area contributed by atoms with E-state index in [0.717, 1.165) is 5.56 Å². The summed E-state index contributed by atoms with van der Waals surface area (Å²) in [6.45, 7) is 0.633. The van der Waals surface area contributed by atoms with Gasteiger partial charge in [0.25, 0.3) is 0 Å². The van der Waals surface area contributed by atoms with E-state index in [1.165, 1.54) is 31.4 Å². The molecule has 96 valence electrons. The van der Waals surface area contributed by atoms with E-state index in [1.807, 2.05) is 17.8 Å². The van der Waals surface area contributed by atoms with Gasteiger partial charge >= 0.3 is 0 Å². The third kappa shape index (κ3) is 3.24. The molecule has 1 saturated carbocycles. The molecule has 0 saturated heterocycles. The maximum Gasteiger partial charge on any atom is 0.124 e. The van der Waals surface area contributed by atoms with Gasteiger partial charge < -0.3 is 5.32 Å². The van der Waals surface area contributed by atoms with Crippen LogP contribution in [0.1, 0.15) is 30.4 Å². The zero-order chi connectivity index (χ0) is 13.0. The van der Waals surface area contributed by atoms with Crippen LogP contribution in [-0.4, -0.2) is 17.5 Å². The maximum atomic E-state index is 13.3. The van der Waals surface area contributed by atoms with Crippen LogP contribution in [0.2, 0.25) is 0 Å². The summed E-state index contributed by atoms with van der Waals surface area (Å²) in [6, 6.07) is 7.01. The molecule has 1 N–H and O–H groups in total. The Labute approximate surface area is 112 Å². The van der Waals surface area contributed by atoms with Gasteiger partial charge in [0.2, 0.25) is 0 Å². The second-order valence-corrected chi connectivity index (χ2v) is 5.73. The van der Waals surface area contributed by atoms with Crippen molar-refractivity contribution in [2.45, 2.75) is 37.1 Å². The molecule has 2 unspecified atom stereocenters. The monoisotopic (exact) mass is 264 g/mol. The van der Waals surface area contributed by atoms with Crippen LogP contribution in [-0.2, 0) is 6.54 Å². The number of nitrogens with zero attached hydrogens (tertiary/aromatic N) is 1. The number of nitrogens with one attached hydrogen (secondary N) is 1. The lowest BCUT2D eigenvalue weighted by Gasteiger charge is -2.19. The average Bonchev–Trinajstić information content (AvgIpc) is 2.83. The Hall–Kier alpha value is -1.05. The summed E-state index contributed by atoms with van der Waals surface area (Å²) in [6.07, 6.45) is 5.84. The second kappa shape index (κ2) is 6.21. The summed E-state index contributed by atoms with van der Waals surface area (Å²) < 4.78 is 13.3. The first-order valence-corrected chi connectivity index (χ1v) is 7.47. The molecule has 18 heavy (non-hydrogen) atoms. The van der Waals surface area contributed by atoms with Crippen molar-refractivity contribution in [3.8, 4) is 6.07 Å². The lowest BCUT2D eigenvalue weighted by molar-refractivity contribution is 0.530. The smallest absolute Gasteiger partial charge is 0.124 e. The van der Waals surface area contributed by atoms with Gasteiger partial charge in [-0.3, -0.25) is 0 Å². The van der Waals surface area contributed by atoms with Gasteiger partial charge in [-0.1, -0.05) is 6.42 Å². The molecule has 4 heteroatoms. The van der Waals surface area contributed by atoms with Crippen molar-refractivity contribution in [2.24, 2.45) is 0 Å². The first-order valence-electron chi connectivity index (χ1n) is 6.18. The van der Waals surface area contributed by atoms with Crippen LogP contribution in [0.5, 0.6) is 0 Å². The minimum absolute atomic E-state index is 0.335. The Morgan fingerprint density at radius 3 is 3.00 bits per heavy atom. The molecule has 1 aromatic carbocycles. The normalized spacial score (nSPS) is 22.9. The number of nitriles is 1. The van der Waals surface area contributed by atoms with Crippen LogP contribution in [0, 0.1) is 17.1 Å². The number of thioether (sulfide) groups is 1. The Balaban J connectivity index is 1.98. The Morgan fingerprint density at radius 1 is 1.44 bits per heavy atom. The Kier molecular flexibility index (Phi) is 4.62. The quantitative estimate of drug-likeness (QED) is 0.908. The van der Waals surface area contributed by atoms with Gasteiger partial charge in [0.1, 0.15) is 5.82 Å². The van der Waals surface area contributed by atoms with Crippen molar-refractivity contribution in [2.75, 3.05) is 6.26 Å². The summed E-state index contributed by atoms with van der Waals surface area (Å²) in [5, 5.41) is 12.9. The molecule has 0 aromatic heterocycles. The van der Waals surface area contributed by atoms with Crippen molar-refractivity contribution in [1.82, 2.24) is 5.32 Å². The average molecular weight is 264 g/mol. The van der Waals surface area contributed by atoms with Crippen molar-refractivity contribution in [3.05, 3.63) is 35.1 Å². The Morgan fingerprint density at radius 2 is 2.28 bits per heavy atom. The van der Waals surface area contributed by atoms with Crippen molar-refractivity contribution >= 4 is 11.8 Å². The van der Waals surface area contributed by atoms with E-state index in [0.29, 0.717) is 23.4 Å². The van der Waals surface area contributed by atoms with Gasteiger partial charge in [0.05, 0.1) is 11.6 Å². The van der Waals surface area contributed by atoms with E-state index >= 15 is 0 Å². The zero-order valence-electron chi connectivity index (χ0n) is 10.4. The fourth-order valence-electron chi connectivity index (χ4n) is 2.51. The predicted molar refractivity (Wildman–Crippen MR) is 72.9 cm³/mol. The highest BCUT2D eigenvalue weighted by Crippen LogP contribution is 2.28. The predicted octanol–water partition coefficient (Wildman–Crippen LogP) is 3.07. The lowest BCUT2D eigenvalue weighted by atomic mass is 10.1. The number of halogens is 1. The maximum absolute atomic E-state index is 13.3. The molecule has 2 nitrogen and oxygen atoms in total. The van der Waals surface area contributed by atoms with Gasteiger partial charge in [-0.25, -0.2) is 4.39 Å². The van der Waals surface area contributed by atoms with Crippen LogP contribution in [0.25, 0.3) is 0 Å². The lowest BCUT2D eigenvalue weighted by Crippen LogP contribution is -2.33. The summed E-state index contributed by atoms with van der Waals surface area (Å²) >= 11 is 1.90. The van der Waals surface area contributed by atoms with Gasteiger partial charge in [0, 0.05) is 17.8 Å². The third-order valence-electron chi connectivity index (χ3n) is 3.41. The number of rotatable bonds is 4. The molecule has 1 aromatic rings. The largest absolute Gasteiger partial charge is 0.309 e. The minimum Gasteiger partial charge on any atom is -0.309 e. The van der Waals surface area contributed by atoms with Crippen LogP contribution >= 0.6 is 11.8 Å². The van der Waals surface area contributed by atoms with E-state index in [1.54, 1.807) is 6.07 Å². The van der Waals surface area contributed by atoms with E-state index < -0.39 is 0 Å². The molecule has 0 aliphatic heterocycles. The highest BCUT2D eigenvalue weighted by molar-refractivity contribution is 7.99. The second-order valence-electron chi connectivity index (χ2n) is 4.65. The third-order valence-corrected chi connectivity index (χ3v) is 4.58. The molecule has 2 atom stereocenters. The molecule has 0 spiro atoms. The zero-order valence-corrected chi connectivity index (χ0v) is 11.3. The van der Waals surface area contributed by atoms with Crippen LogP contribution in [0.3, 0.4) is 0 Å². The standard InChI is InChI=1S/C14H17FN2S/c1-18-14-4-2-3-13(14)17-9-11-5-10(8-16)6-12(15)7-11/h5-7,13-14,17H,2-4,9H2,1H3. The molecule has 0 bridgehead atoms. The molecule has 2 rings (SSSR count). The number of benzene rings is 1. The van der Waals surface area contributed by atoms with Crippen LogP contribution in [0.15, 0.2) is 18.2 Å². The molecule has 1 fully saturated rings. The van der Waals surface area contributed by atoms with E-state index in [2.05, 4.69) is 11.6 Å². The van der Waals surface area contributed by atoms with E-state index in [-0.39, 0.29) is 5.82 Å².